The molecule has 2 heterocycles. The van der Waals surface area contributed by atoms with E-state index in [1.165, 1.54) is 5.56 Å². The minimum absolute atomic E-state index is 0. The van der Waals surface area contributed by atoms with Gasteiger partial charge < -0.3 is 15.0 Å². The Kier molecular flexibility index (Phi) is 8.22. The Hall–Kier alpha value is -1.30. The highest BCUT2D eigenvalue weighted by Gasteiger charge is 2.04. The van der Waals surface area contributed by atoms with Gasteiger partial charge in [-0.2, -0.15) is 0 Å². The molecule has 2 aromatic heterocycles. The van der Waals surface area contributed by atoms with Crippen LogP contribution in [0, 0.1) is 6.92 Å². The first-order valence-electron chi connectivity index (χ1n) is 6.04. The van der Waals surface area contributed by atoms with Gasteiger partial charge in [0, 0.05) is 25.4 Å². The van der Waals surface area contributed by atoms with Crippen molar-refractivity contribution in [3.05, 3.63) is 35.8 Å². The van der Waals surface area contributed by atoms with E-state index < -0.39 is 0 Å². The van der Waals surface area contributed by atoms with Crippen molar-refractivity contribution >= 4 is 36.4 Å². The predicted octanol–water partition coefficient (Wildman–Crippen LogP) is 1.71. The Balaban J connectivity index is 0.00000180. The molecule has 0 saturated heterocycles. The van der Waals surface area contributed by atoms with Gasteiger partial charge in [0.25, 0.3) is 0 Å². The third-order valence-electron chi connectivity index (χ3n) is 2.73. The zero-order valence-corrected chi connectivity index (χ0v) is 13.2. The van der Waals surface area contributed by atoms with Crippen LogP contribution in [0.15, 0.2) is 24.5 Å². The summed E-state index contributed by atoms with van der Waals surface area (Å²) in [6.45, 7) is 3.20. The van der Waals surface area contributed by atoms with Crippen LogP contribution in [0.2, 0.25) is 0 Å². The van der Waals surface area contributed by atoms with E-state index in [9.17, 15) is 4.79 Å². The summed E-state index contributed by atoms with van der Waals surface area (Å²) in [7, 11) is 1.83. The van der Waals surface area contributed by atoms with E-state index in [1.807, 2.05) is 42.9 Å². The Morgan fingerprint density at radius 2 is 2.15 bits per heavy atom. The molecular weight excluding hydrogens is 299 g/mol. The highest BCUT2D eigenvalue weighted by atomic mass is 35.5. The van der Waals surface area contributed by atoms with E-state index in [2.05, 4.69) is 15.6 Å². The van der Waals surface area contributed by atoms with Gasteiger partial charge in [-0.3, -0.25) is 4.79 Å². The number of aryl methyl sites for hydroxylation is 1. The fourth-order valence-electron chi connectivity index (χ4n) is 1.74. The van der Waals surface area contributed by atoms with E-state index in [4.69, 9.17) is 0 Å². The number of amides is 1. The van der Waals surface area contributed by atoms with E-state index in [0.717, 1.165) is 11.3 Å². The average Bonchev–Trinajstić information content (AvgIpc) is 2.75. The molecule has 20 heavy (non-hydrogen) atoms. The lowest BCUT2D eigenvalue weighted by molar-refractivity contribution is -0.121. The Morgan fingerprint density at radius 1 is 1.40 bits per heavy atom. The van der Waals surface area contributed by atoms with Gasteiger partial charge in [-0.1, -0.05) is 0 Å². The summed E-state index contributed by atoms with van der Waals surface area (Å²) in [5.74, 6) is 0.0394. The van der Waals surface area contributed by atoms with E-state index in [-0.39, 0.29) is 30.7 Å². The number of hydrogen-bond donors (Lipinski definition) is 2. The van der Waals surface area contributed by atoms with Gasteiger partial charge in [0.1, 0.15) is 5.65 Å². The summed E-state index contributed by atoms with van der Waals surface area (Å²) in [6, 6.07) is 4.05. The van der Waals surface area contributed by atoms with Crippen LogP contribution in [-0.4, -0.2) is 28.9 Å². The third-order valence-corrected chi connectivity index (χ3v) is 2.73. The smallest absolute Gasteiger partial charge is 0.221 e. The second-order valence-corrected chi connectivity index (χ2v) is 4.33. The molecule has 0 aliphatic rings. The molecule has 2 rings (SSSR count). The molecule has 0 unspecified atom stereocenters. The molecule has 2 N–H and O–H groups in total. The van der Waals surface area contributed by atoms with Crippen molar-refractivity contribution in [3.63, 3.8) is 0 Å². The molecule has 0 bridgehead atoms. The Labute approximate surface area is 131 Å². The molecular formula is C13H20Cl2N4O. The first-order chi connectivity index (χ1) is 8.69. The van der Waals surface area contributed by atoms with Crippen molar-refractivity contribution in [3.8, 4) is 0 Å². The molecule has 0 aromatic carbocycles. The number of pyridine rings is 1. The van der Waals surface area contributed by atoms with Gasteiger partial charge in [0.2, 0.25) is 5.91 Å². The molecule has 2 aromatic rings. The lowest BCUT2D eigenvalue weighted by atomic mass is 10.3. The first-order valence-corrected chi connectivity index (χ1v) is 6.04. The van der Waals surface area contributed by atoms with Crippen LogP contribution >= 0.6 is 24.8 Å². The largest absolute Gasteiger partial charge is 0.350 e. The van der Waals surface area contributed by atoms with Crippen LogP contribution in [0.5, 0.6) is 0 Å². The second kappa shape index (κ2) is 8.79. The monoisotopic (exact) mass is 318 g/mol. The highest BCUT2D eigenvalue weighted by Crippen LogP contribution is 2.07. The van der Waals surface area contributed by atoms with Crippen LogP contribution in [0.1, 0.15) is 17.7 Å². The maximum absolute atomic E-state index is 11.5. The summed E-state index contributed by atoms with van der Waals surface area (Å²) in [4.78, 5) is 15.9. The summed E-state index contributed by atoms with van der Waals surface area (Å²) in [6.07, 6.45) is 4.40. The number of nitrogens with one attached hydrogen (secondary N) is 2. The molecule has 112 valence electrons. The molecule has 0 fully saturated rings. The number of rotatable bonds is 5. The van der Waals surface area contributed by atoms with Crippen molar-refractivity contribution in [2.24, 2.45) is 0 Å². The van der Waals surface area contributed by atoms with Gasteiger partial charge in [-0.25, -0.2) is 4.98 Å². The minimum Gasteiger partial charge on any atom is -0.350 e. The second-order valence-electron chi connectivity index (χ2n) is 4.33. The van der Waals surface area contributed by atoms with Crippen molar-refractivity contribution < 1.29 is 4.79 Å². The molecule has 0 aliphatic heterocycles. The number of aromatic nitrogens is 2. The van der Waals surface area contributed by atoms with Gasteiger partial charge in [0.15, 0.2) is 0 Å². The molecule has 5 nitrogen and oxygen atoms in total. The maximum atomic E-state index is 11.5. The third kappa shape index (κ3) is 5.00. The van der Waals surface area contributed by atoms with Gasteiger partial charge in [-0.15, -0.1) is 24.8 Å². The molecule has 1 amide bonds. The lowest BCUT2D eigenvalue weighted by Gasteiger charge is -2.01. The maximum Gasteiger partial charge on any atom is 0.221 e. The topological polar surface area (TPSA) is 58.4 Å². The molecule has 0 aliphatic carbocycles. The predicted molar refractivity (Wildman–Crippen MR) is 84.8 cm³/mol. The standard InChI is InChI=1S/C13H18N4O.2ClH/c1-10-4-6-17-9-11(16-12(17)7-10)8-15-13(18)3-5-14-2;;/h4,6-7,9,14H,3,5,8H2,1-2H3,(H,15,18);2*1H. The van der Waals surface area contributed by atoms with E-state index >= 15 is 0 Å². The normalized spacial score (nSPS) is 9.70. The Morgan fingerprint density at radius 3 is 2.85 bits per heavy atom. The molecule has 0 atom stereocenters. The Bertz CT molecular complexity index is 556. The average molecular weight is 319 g/mol. The number of carbonyl (C=O) groups excluding carboxylic acids is 1. The van der Waals surface area contributed by atoms with Crippen LogP contribution < -0.4 is 10.6 Å². The van der Waals surface area contributed by atoms with Crippen LogP contribution in [0.3, 0.4) is 0 Å². The fraction of sp³-hybridized carbons (Fsp3) is 0.385. The number of nitrogens with zero attached hydrogens (tertiary/aromatic N) is 2. The first kappa shape index (κ1) is 18.7. The number of hydrogen-bond acceptors (Lipinski definition) is 3. The fourth-order valence-corrected chi connectivity index (χ4v) is 1.74. The lowest BCUT2D eigenvalue weighted by Crippen LogP contribution is -2.26. The minimum atomic E-state index is 0. The molecule has 7 heteroatoms. The molecule has 0 radical (unpaired) electrons. The quantitative estimate of drug-likeness (QED) is 0.882. The van der Waals surface area contributed by atoms with Crippen molar-refractivity contribution in [2.45, 2.75) is 19.9 Å². The molecule has 0 spiro atoms. The zero-order valence-electron chi connectivity index (χ0n) is 11.5. The van der Waals surface area contributed by atoms with E-state index in [0.29, 0.717) is 19.5 Å². The van der Waals surface area contributed by atoms with Crippen molar-refractivity contribution in [1.29, 1.82) is 0 Å². The highest BCUT2D eigenvalue weighted by molar-refractivity contribution is 5.85. The van der Waals surface area contributed by atoms with Crippen LogP contribution in [0.4, 0.5) is 0 Å². The summed E-state index contributed by atoms with van der Waals surface area (Å²) < 4.78 is 1.96. The SMILES string of the molecule is CNCCC(=O)NCc1cn2ccc(C)cc2n1.Cl.Cl. The van der Waals surface area contributed by atoms with Gasteiger partial charge >= 0.3 is 0 Å². The molecule has 0 saturated carbocycles. The van der Waals surface area contributed by atoms with Crippen LogP contribution in [-0.2, 0) is 11.3 Å². The van der Waals surface area contributed by atoms with Crippen LogP contribution in [0.25, 0.3) is 5.65 Å². The summed E-state index contributed by atoms with van der Waals surface area (Å²) >= 11 is 0. The van der Waals surface area contributed by atoms with Gasteiger partial charge in [0.05, 0.1) is 12.2 Å². The summed E-state index contributed by atoms with van der Waals surface area (Å²) in [5.41, 5.74) is 2.96. The number of fused-ring (bicyclic) bond motifs is 1. The van der Waals surface area contributed by atoms with Crippen molar-refractivity contribution in [2.75, 3.05) is 13.6 Å². The summed E-state index contributed by atoms with van der Waals surface area (Å²) in [5, 5.41) is 5.80. The zero-order chi connectivity index (χ0) is 13.0. The number of imidazole rings is 1. The van der Waals surface area contributed by atoms with Gasteiger partial charge in [-0.05, 0) is 31.7 Å². The number of halogens is 2. The van der Waals surface area contributed by atoms with E-state index in [1.54, 1.807) is 0 Å². The van der Waals surface area contributed by atoms with Crippen molar-refractivity contribution in [1.82, 2.24) is 20.0 Å². The number of carbonyl (C=O) groups is 1.